The number of benzene rings is 1. The highest BCUT2D eigenvalue weighted by Crippen LogP contribution is 2.26. The van der Waals surface area contributed by atoms with Crippen molar-refractivity contribution in [2.24, 2.45) is 0 Å². The summed E-state index contributed by atoms with van der Waals surface area (Å²) < 4.78 is 23.9. The first-order valence-electron chi connectivity index (χ1n) is 4.42. The Morgan fingerprint density at radius 2 is 2.12 bits per heavy atom. The summed E-state index contributed by atoms with van der Waals surface area (Å²) in [5.41, 5.74) is 0.254. The molecule has 0 aromatic heterocycles. The van der Waals surface area contributed by atoms with Gasteiger partial charge in [0.1, 0.15) is 5.75 Å². The number of hydrogen-bond acceptors (Lipinski definition) is 4. The second-order valence-corrected chi connectivity index (χ2v) is 6.12. The van der Waals surface area contributed by atoms with Crippen molar-refractivity contribution in [3.8, 4) is 6.07 Å². The molecular weight excluding hydrogens is 310 g/mol. The summed E-state index contributed by atoms with van der Waals surface area (Å²) in [7, 11) is -3.77. The monoisotopic (exact) mass is 317 g/mol. The molecule has 0 saturated heterocycles. The third kappa shape index (κ3) is 2.84. The van der Waals surface area contributed by atoms with Gasteiger partial charge in [-0.2, -0.15) is 5.26 Å². The average molecular weight is 318 g/mol. The molecule has 7 heteroatoms. The number of nitrogens with zero attached hydrogens (tertiary/aromatic N) is 1. The largest absolute Gasteiger partial charge is 0.478 e. The van der Waals surface area contributed by atoms with E-state index in [0.717, 1.165) is 6.07 Å². The van der Waals surface area contributed by atoms with Gasteiger partial charge < -0.3 is 5.11 Å². The Morgan fingerprint density at radius 1 is 1.53 bits per heavy atom. The lowest BCUT2D eigenvalue weighted by molar-refractivity contribution is 0.0696. The van der Waals surface area contributed by atoms with Crippen molar-refractivity contribution in [2.75, 3.05) is 5.75 Å². The molecule has 90 valence electrons. The van der Waals surface area contributed by atoms with Crippen LogP contribution in [0.1, 0.15) is 15.9 Å². The van der Waals surface area contributed by atoms with Gasteiger partial charge in [-0.25, -0.2) is 13.2 Å². The van der Waals surface area contributed by atoms with Crippen molar-refractivity contribution < 1.29 is 18.3 Å². The molecule has 17 heavy (non-hydrogen) atoms. The van der Waals surface area contributed by atoms with Gasteiger partial charge >= 0.3 is 5.97 Å². The van der Waals surface area contributed by atoms with Crippen LogP contribution in [-0.2, 0) is 9.84 Å². The smallest absolute Gasteiger partial charge is 0.335 e. The third-order valence-electron chi connectivity index (χ3n) is 2.13. The molecule has 0 heterocycles. The molecule has 0 spiro atoms. The molecule has 5 nitrogen and oxygen atoms in total. The zero-order chi connectivity index (χ0) is 13.2. The van der Waals surface area contributed by atoms with Gasteiger partial charge in [-0.15, -0.1) is 0 Å². The Morgan fingerprint density at radius 3 is 2.59 bits per heavy atom. The van der Waals surface area contributed by atoms with Crippen LogP contribution in [0.15, 0.2) is 21.5 Å². The summed E-state index contributed by atoms with van der Waals surface area (Å²) >= 11 is 3.10. The number of halogens is 1. The van der Waals surface area contributed by atoms with Gasteiger partial charge in [-0.05, 0) is 24.6 Å². The van der Waals surface area contributed by atoms with Gasteiger partial charge in [0.2, 0.25) is 0 Å². The summed E-state index contributed by atoms with van der Waals surface area (Å²) in [6, 6.07) is 3.94. The van der Waals surface area contributed by atoms with E-state index in [-0.39, 0.29) is 10.5 Å². The van der Waals surface area contributed by atoms with Crippen molar-refractivity contribution in [3.63, 3.8) is 0 Å². The van der Waals surface area contributed by atoms with Gasteiger partial charge in [-0.1, -0.05) is 15.9 Å². The Balaban J connectivity index is 3.55. The van der Waals surface area contributed by atoms with Crippen molar-refractivity contribution in [1.82, 2.24) is 0 Å². The molecule has 1 rings (SSSR count). The molecule has 1 aromatic carbocycles. The second-order valence-electron chi connectivity index (χ2n) is 3.30. The number of carboxylic acids is 1. The average Bonchev–Trinajstić information content (AvgIpc) is 2.21. The van der Waals surface area contributed by atoms with Gasteiger partial charge in [-0.3, -0.25) is 0 Å². The Kier molecular flexibility index (Phi) is 3.91. The molecule has 0 bridgehead atoms. The first-order chi connectivity index (χ1) is 7.79. The summed E-state index contributed by atoms with van der Waals surface area (Å²) in [5.74, 6) is -1.90. The number of aromatic carboxylic acids is 1. The SMILES string of the molecule is Cc1c(Br)cc(C(=O)O)cc1S(=O)(=O)CC#N. The molecular formula is C10H8BrNO4S. The summed E-state index contributed by atoms with van der Waals surface area (Å²) in [6.07, 6.45) is 0. The fraction of sp³-hybridized carbons (Fsp3) is 0.200. The molecule has 0 aliphatic carbocycles. The standard InChI is InChI=1S/C10H8BrNO4S/c1-6-8(11)4-7(10(13)14)5-9(6)17(15,16)3-2-12/h4-5H,3H2,1H3,(H,13,14). The maximum absolute atomic E-state index is 11.7. The lowest BCUT2D eigenvalue weighted by Crippen LogP contribution is -2.09. The van der Waals surface area contributed by atoms with E-state index < -0.39 is 21.6 Å². The predicted octanol–water partition coefficient (Wildman–Crippen LogP) is 1.75. The first-order valence-corrected chi connectivity index (χ1v) is 6.87. The van der Waals surface area contributed by atoms with E-state index in [1.807, 2.05) is 0 Å². The molecule has 0 radical (unpaired) electrons. The molecule has 0 fully saturated rings. The Hall–Kier alpha value is -1.39. The number of carboxylic acid groups (broad SMARTS) is 1. The maximum atomic E-state index is 11.7. The van der Waals surface area contributed by atoms with E-state index in [4.69, 9.17) is 10.4 Å². The van der Waals surface area contributed by atoms with Crippen LogP contribution in [0.2, 0.25) is 0 Å². The molecule has 0 aliphatic heterocycles. The fourth-order valence-electron chi connectivity index (χ4n) is 1.26. The van der Waals surface area contributed by atoms with E-state index in [0.29, 0.717) is 10.0 Å². The summed E-state index contributed by atoms with van der Waals surface area (Å²) in [4.78, 5) is 10.7. The molecule has 0 unspecified atom stereocenters. The maximum Gasteiger partial charge on any atom is 0.335 e. The molecule has 0 amide bonds. The lowest BCUT2D eigenvalue weighted by Gasteiger charge is -2.08. The van der Waals surface area contributed by atoms with Crippen molar-refractivity contribution >= 4 is 31.7 Å². The number of carbonyl (C=O) groups is 1. The normalized spacial score (nSPS) is 10.9. The van der Waals surface area contributed by atoms with Gasteiger partial charge in [0.15, 0.2) is 9.84 Å². The van der Waals surface area contributed by atoms with Crippen molar-refractivity contribution in [1.29, 1.82) is 5.26 Å². The van der Waals surface area contributed by atoms with Crippen LogP contribution < -0.4 is 0 Å². The van der Waals surface area contributed by atoms with E-state index in [1.165, 1.54) is 6.07 Å². The van der Waals surface area contributed by atoms with Crippen LogP contribution in [-0.4, -0.2) is 25.2 Å². The van der Waals surface area contributed by atoms with Crippen LogP contribution in [0.25, 0.3) is 0 Å². The number of sulfone groups is 1. The Labute approximate surface area is 107 Å². The molecule has 0 aliphatic rings. The molecule has 1 N–H and O–H groups in total. The lowest BCUT2D eigenvalue weighted by atomic mass is 10.1. The number of nitriles is 1. The summed E-state index contributed by atoms with van der Waals surface area (Å²) in [5, 5.41) is 17.3. The van der Waals surface area contributed by atoms with Crippen LogP contribution in [0.4, 0.5) is 0 Å². The van der Waals surface area contributed by atoms with E-state index in [9.17, 15) is 13.2 Å². The first kappa shape index (κ1) is 13.7. The minimum absolute atomic E-state index is 0.133. The van der Waals surface area contributed by atoms with E-state index in [2.05, 4.69) is 15.9 Å². The fourth-order valence-corrected chi connectivity index (χ4v) is 3.06. The molecule has 0 saturated carbocycles. The molecule has 0 atom stereocenters. The minimum Gasteiger partial charge on any atom is -0.478 e. The highest BCUT2D eigenvalue weighted by atomic mass is 79.9. The highest BCUT2D eigenvalue weighted by Gasteiger charge is 2.20. The van der Waals surface area contributed by atoms with Gasteiger partial charge in [0.25, 0.3) is 0 Å². The molecule has 1 aromatic rings. The van der Waals surface area contributed by atoms with E-state index in [1.54, 1.807) is 13.0 Å². The topological polar surface area (TPSA) is 95.2 Å². The quantitative estimate of drug-likeness (QED) is 0.916. The van der Waals surface area contributed by atoms with Crippen LogP contribution in [0, 0.1) is 18.3 Å². The second kappa shape index (κ2) is 4.85. The number of rotatable bonds is 3. The van der Waals surface area contributed by atoms with Crippen LogP contribution in [0.3, 0.4) is 0 Å². The Bertz CT molecular complexity index is 616. The highest BCUT2D eigenvalue weighted by molar-refractivity contribution is 9.10. The van der Waals surface area contributed by atoms with Crippen LogP contribution >= 0.6 is 15.9 Å². The van der Waals surface area contributed by atoms with Gasteiger partial charge in [0, 0.05) is 4.47 Å². The summed E-state index contributed by atoms with van der Waals surface area (Å²) in [6.45, 7) is 1.54. The van der Waals surface area contributed by atoms with Crippen molar-refractivity contribution in [2.45, 2.75) is 11.8 Å². The van der Waals surface area contributed by atoms with E-state index >= 15 is 0 Å². The van der Waals surface area contributed by atoms with Gasteiger partial charge in [0.05, 0.1) is 16.5 Å². The van der Waals surface area contributed by atoms with Crippen molar-refractivity contribution in [3.05, 3.63) is 27.7 Å². The zero-order valence-corrected chi connectivity index (χ0v) is 11.2. The van der Waals surface area contributed by atoms with Crippen LogP contribution in [0.5, 0.6) is 0 Å². The third-order valence-corrected chi connectivity index (χ3v) is 4.56. The minimum atomic E-state index is -3.77. The zero-order valence-electron chi connectivity index (χ0n) is 8.77. The number of hydrogen-bond donors (Lipinski definition) is 1. The predicted molar refractivity (Wildman–Crippen MR) is 63.5 cm³/mol.